The van der Waals surface area contributed by atoms with Gasteiger partial charge >= 0.3 is 0 Å². The quantitative estimate of drug-likeness (QED) is 0.590. The Hall–Kier alpha value is -2.13. The van der Waals surface area contributed by atoms with Crippen LogP contribution in [0.3, 0.4) is 0 Å². The van der Waals surface area contributed by atoms with Crippen LogP contribution in [0.25, 0.3) is 0 Å². The highest BCUT2D eigenvalue weighted by Gasteiger charge is 2.32. The number of thioether (sulfide) groups is 1. The van der Waals surface area contributed by atoms with E-state index in [1.54, 1.807) is 5.38 Å². The molecule has 0 fully saturated rings. The average molecular weight is 445 g/mol. The molecule has 1 aliphatic rings. The van der Waals surface area contributed by atoms with Gasteiger partial charge in [0.05, 0.1) is 5.69 Å². The van der Waals surface area contributed by atoms with Gasteiger partial charge in [0.2, 0.25) is 10.0 Å². The molecule has 0 spiro atoms. The fourth-order valence-electron chi connectivity index (χ4n) is 3.41. The number of benzene rings is 2. The van der Waals surface area contributed by atoms with Crippen LogP contribution in [0.15, 0.2) is 69.8 Å². The molecular weight excluding hydrogens is 424 g/mol. The van der Waals surface area contributed by atoms with E-state index in [0.717, 1.165) is 21.8 Å². The lowest BCUT2D eigenvalue weighted by molar-refractivity contribution is 0.102. The summed E-state index contributed by atoms with van der Waals surface area (Å²) in [5, 5.41) is 4.52. The van der Waals surface area contributed by atoms with Crippen LogP contribution < -0.4 is 5.32 Å². The van der Waals surface area contributed by atoms with Crippen LogP contribution in [0.1, 0.15) is 20.8 Å². The van der Waals surface area contributed by atoms with Gasteiger partial charge in [-0.15, -0.1) is 23.1 Å². The summed E-state index contributed by atoms with van der Waals surface area (Å²) < 4.78 is 28.1. The van der Waals surface area contributed by atoms with E-state index in [1.165, 1.54) is 27.7 Å². The van der Waals surface area contributed by atoms with Crippen LogP contribution in [-0.4, -0.2) is 31.4 Å². The second-order valence-corrected chi connectivity index (χ2v) is 10.3. The molecule has 0 saturated heterocycles. The standard InChI is InChI=1S/C21H20N2O3S3/c1-27-18-9-5-4-8-17(18)22-21(24)20-19(11-13-28-20)29(25,26)23-12-10-15-6-2-3-7-16(15)14-23/h2-9,11,13H,10,12,14H2,1H3,(H,22,24). The molecule has 0 aliphatic carbocycles. The van der Waals surface area contributed by atoms with E-state index in [2.05, 4.69) is 5.32 Å². The lowest BCUT2D eigenvalue weighted by Gasteiger charge is -2.28. The van der Waals surface area contributed by atoms with E-state index >= 15 is 0 Å². The topological polar surface area (TPSA) is 66.5 Å². The van der Waals surface area contributed by atoms with Crippen LogP contribution >= 0.6 is 23.1 Å². The molecule has 1 aliphatic heterocycles. The van der Waals surface area contributed by atoms with Gasteiger partial charge in [0.25, 0.3) is 5.91 Å². The van der Waals surface area contributed by atoms with Crippen molar-refractivity contribution in [1.82, 2.24) is 4.31 Å². The van der Waals surface area contributed by atoms with Crippen LogP contribution in [-0.2, 0) is 23.0 Å². The molecular formula is C21H20N2O3S3. The Kier molecular flexibility index (Phi) is 5.78. The number of nitrogens with zero attached hydrogens (tertiary/aromatic N) is 1. The van der Waals surface area contributed by atoms with E-state index in [-0.39, 0.29) is 9.77 Å². The molecule has 1 N–H and O–H groups in total. The highest BCUT2D eigenvalue weighted by Crippen LogP contribution is 2.31. The number of amides is 1. The first-order chi connectivity index (χ1) is 14.0. The van der Waals surface area contributed by atoms with Gasteiger partial charge in [-0.1, -0.05) is 36.4 Å². The Morgan fingerprint density at radius 2 is 1.79 bits per heavy atom. The van der Waals surface area contributed by atoms with Crippen LogP contribution in [0.2, 0.25) is 0 Å². The van der Waals surface area contributed by atoms with Gasteiger partial charge in [-0.25, -0.2) is 8.42 Å². The first-order valence-corrected chi connectivity index (χ1v) is 12.6. The van der Waals surface area contributed by atoms with Gasteiger partial charge in [-0.3, -0.25) is 4.79 Å². The van der Waals surface area contributed by atoms with Crippen LogP contribution in [0.4, 0.5) is 5.69 Å². The predicted octanol–water partition coefficient (Wildman–Crippen LogP) is 4.47. The lowest BCUT2D eigenvalue weighted by atomic mass is 10.0. The number of carbonyl (C=O) groups excluding carboxylic acids is 1. The molecule has 0 atom stereocenters. The largest absolute Gasteiger partial charge is 0.320 e. The van der Waals surface area contributed by atoms with Crippen molar-refractivity contribution in [3.8, 4) is 0 Å². The second-order valence-electron chi connectivity index (χ2n) is 6.63. The molecule has 3 aromatic rings. The summed E-state index contributed by atoms with van der Waals surface area (Å²) in [7, 11) is -3.77. The molecule has 1 amide bonds. The van der Waals surface area contributed by atoms with Gasteiger partial charge in [-0.05, 0) is 47.4 Å². The van der Waals surface area contributed by atoms with Crippen molar-refractivity contribution < 1.29 is 13.2 Å². The Morgan fingerprint density at radius 3 is 2.59 bits per heavy atom. The number of fused-ring (bicyclic) bond motifs is 1. The van der Waals surface area contributed by atoms with Gasteiger partial charge in [0.1, 0.15) is 9.77 Å². The number of para-hydroxylation sites is 1. The third-order valence-electron chi connectivity index (χ3n) is 4.90. The first-order valence-electron chi connectivity index (χ1n) is 9.09. The first kappa shape index (κ1) is 20.2. The zero-order chi connectivity index (χ0) is 20.4. The minimum atomic E-state index is -3.77. The van der Waals surface area contributed by atoms with Crippen molar-refractivity contribution in [3.63, 3.8) is 0 Å². The summed E-state index contributed by atoms with van der Waals surface area (Å²) in [6, 6.07) is 16.9. The fourth-order valence-corrected chi connectivity index (χ4v) is 6.68. The van der Waals surface area contributed by atoms with Crippen LogP contribution in [0, 0.1) is 0 Å². The summed E-state index contributed by atoms with van der Waals surface area (Å²) >= 11 is 2.66. The van der Waals surface area contributed by atoms with Crippen molar-refractivity contribution in [2.45, 2.75) is 22.8 Å². The molecule has 4 rings (SSSR count). The molecule has 2 heterocycles. The third kappa shape index (κ3) is 3.98. The predicted molar refractivity (Wildman–Crippen MR) is 118 cm³/mol. The zero-order valence-electron chi connectivity index (χ0n) is 15.8. The summed E-state index contributed by atoms with van der Waals surface area (Å²) in [5.41, 5.74) is 2.86. The number of hydrogen-bond acceptors (Lipinski definition) is 5. The molecule has 29 heavy (non-hydrogen) atoms. The van der Waals surface area contributed by atoms with Gasteiger partial charge in [-0.2, -0.15) is 4.31 Å². The molecule has 2 aromatic carbocycles. The summed E-state index contributed by atoms with van der Waals surface area (Å²) in [5.74, 6) is -0.405. The molecule has 1 aromatic heterocycles. The minimum Gasteiger partial charge on any atom is -0.320 e. The second kappa shape index (κ2) is 8.31. The maximum absolute atomic E-state index is 13.3. The van der Waals surface area contributed by atoms with E-state index < -0.39 is 15.9 Å². The minimum absolute atomic E-state index is 0.0704. The Bertz CT molecular complexity index is 1160. The monoisotopic (exact) mass is 444 g/mol. The van der Waals surface area contributed by atoms with Crippen LogP contribution in [0.5, 0.6) is 0 Å². The number of nitrogens with one attached hydrogen (secondary N) is 1. The highest BCUT2D eigenvalue weighted by atomic mass is 32.2. The number of sulfonamides is 1. The molecule has 0 radical (unpaired) electrons. The SMILES string of the molecule is CSc1ccccc1NC(=O)c1sccc1S(=O)(=O)N1CCc2ccccc2C1. The van der Waals surface area contributed by atoms with Gasteiger partial charge in [0, 0.05) is 18.0 Å². The van der Waals surface area contributed by atoms with Crippen molar-refractivity contribution in [1.29, 1.82) is 0 Å². The lowest BCUT2D eigenvalue weighted by Crippen LogP contribution is -2.36. The number of hydrogen-bond donors (Lipinski definition) is 1. The van der Waals surface area contributed by atoms with Crippen molar-refractivity contribution in [2.24, 2.45) is 0 Å². The number of anilines is 1. The Labute approximate surface area is 178 Å². The van der Waals surface area contributed by atoms with E-state index in [4.69, 9.17) is 0 Å². The highest BCUT2D eigenvalue weighted by molar-refractivity contribution is 7.98. The smallest absolute Gasteiger partial charge is 0.267 e. The summed E-state index contributed by atoms with van der Waals surface area (Å²) in [4.78, 5) is 14.1. The summed E-state index contributed by atoms with van der Waals surface area (Å²) in [6.07, 6.45) is 2.60. The Morgan fingerprint density at radius 1 is 1.07 bits per heavy atom. The van der Waals surface area contributed by atoms with E-state index in [0.29, 0.717) is 25.2 Å². The van der Waals surface area contributed by atoms with E-state index in [9.17, 15) is 13.2 Å². The zero-order valence-corrected chi connectivity index (χ0v) is 18.2. The molecule has 8 heteroatoms. The molecule has 0 bridgehead atoms. The number of rotatable bonds is 5. The normalized spacial score (nSPS) is 14.4. The molecule has 5 nitrogen and oxygen atoms in total. The van der Waals surface area contributed by atoms with Crippen molar-refractivity contribution in [3.05, 3.63) is 76.0 Å². The maximum Gasteiger partial charge on any atom is 0.267 e. The number of carbonyl (C=O) groups is 1. The summed E-state index contributed by atoms with van der Waals surface area (Å²) in [6.45, 7) is 0.732. The van der Waals surface area contributed by atoms with Crippen molar-refractivity contribution >= 4 is 44.7 Å². The van der Waals surface area contributed by atoms with Gasteiger partial charge in [0.15, 0.2) is 0 Å². The third-order valence-corrected chi connectivity index (χ3v) is 8.63. The maximum atomic E-state index is 13.3. The average Bonchev–Trinajstić information content (AvgIpc) is 3.25. The number of thiophene rings is 1. The molecule has 0 saturated carbocycles. The fraction of sp³-hybridized carbons (Fsp3) is 0.190. The van der Waals surface area contributed by atoms with Gasteiger partial charge < -0.3 is 5.32 Å². The molecule has 150 valence electrons. The van der Waals surface area contributed by atoms with Crippen molar-refractivity contribution in [2.75, 3.05) is 18.1 Å². The Balaban J connectivity index is 1.61. The van der Waals surface area contributed by atoms with E-state index in [1.807, 2.05) is 54.8 Å². The molecule has 0 unspecified atom stereocenters.